The van der Waals surface area contributed by atoms with Gasteiger partial charge in [0.1, 0.15) is 11.6 Å². The lowest BCUT2D eigenvalue weighted by Crippen LogP contribution is -2.24. The molecule has 1 aromatic heterocycles. The van der Waals surface area contributed by atoms with Crippen molar-refractivity contribution in [1.29, 1.82) is 0 Å². The number of aromatic amines is 1. The number of benzene rings is 1. The van der Waals surface area contributed by atoms with Gasteiger partial charge in [0.05, 0.1) is 5.69 Å². The molecule has 3 N–H and O–H groups in total. The third kappa shape index (κ3) is 3.66. The molecule has 2 aromatic rings. The van der Waals surface area contributed by atoms with Crippen molar-refractivity contribution < 1.29 is 5.11 Å². The zero-order valence-electron chi connectivity index (χ0n) is 11.0. The molecule has 0 aliphatic rings. The first-order valence-electron chi connectivity index (χ1n) is 6.17. The average Bonchev–Trinajstić information content (AvgIpc) is 2.36. The minimum Gasteiger partial charge on any atom is -0.508 e. The quantitative estimate of drug-likeness (QED) is 0.780. The summed E-state index contributed by atoms with van der Waals surface area (Å²) in [5.41, 5.74) is 1.28. The number of hydrogen-bond acceptors (Lipinski definition) is 4. The van der Waals surface area contributed by atoms with Crippen LogP contribution in [-0.4, -0.2) is 21.1 Å². The first-order valence-corrected chi connectivity index (χ1v) is 6.17. The lowest BCUT2D eigenvalue weighted by atomic mass is 10.2. The summed E-state index contributed by atoms with van der Waals surface area (Å²) < 4.78 is 0. The van der Waals surface area contributed by atoms with E-state index < -0.39 is 0 Å². The van der Waals surface area contributed by atoms with E-state index in [2.05, 4.69) is 15.3 Å². The second-order valence-corrected chi connectivity index (χ2v) is 4.67. The predicted molar refractivity (Wildman–Crippen MR) is 73.9 cm³/mol. The van der Waals surface area contributed by atoms with Crippen LogP contribution in [0.1, 0.15) is 19.5 Å². The van der Waals surface area contributed by atoms with E-state index in [0.717, 1.165) is 5.56 Å². The van der Waals surface area contributed by atoms with Crippen LogP contribution in [0.25, 0.3) is 11.4 Å². The van der Waals surface area contributed by atoms with Crippen LogP contribution in [0.4, 0.5) is 0 Å². The molecular formula is C14H17N3O2. The summed E-state index contributed by atoms with van der Waals surface area (Å²) in [4.78, 5) is 18.7. The van der Waals surface area contributed by atoms with Crippen molar-refractivity contribution >= 4 is 0 Å². The third-order valence-electron chi connectivity index (χ3n) is 2.63. The molecule has 2 rings (SSSR count). The molecule has 5 heteroatoms. The van der Waals surface area contributed by atoms with Crippen molar-refractivity contribution in [3.63, 3.8) is 0 Å². The third-order valence-corrected chi connectivity index (χ3v) is 2.63. The van der Waals surface area contributed by atoms with Gasteiger partial charge in [0.15, 0.2) is 0 Å². The van der Waals surface area contributed by atoms with Crippen LogP contribution in [0.15, 0.2) is 35.1 Å². The predicted octanol–water partition coefficient (Wildman–Crippen LogP) is 1.64. The van der Waals surface area contributed by atoms with E-state index in [1.54, 1.807) is 24.3 Å². The van der Waals surface area contributed by atoms with Gasteiger partial charge >= 0.3 is 0 Å². The van der Waals surface area contributed by atoms with Crippen LogP contribution < -0.4 is 10.9 Å². The highest BCUT2D eigenvalue weighted by Gasteiger charge is 2.04. The molecular weight excluding hydrogens is 242 g/mol. The number of nitrogens with one attached hydrogen (secondary N) is 2. The monoisotopic (exact) mass is 259 g/mol. The number of H-pyrrole nitrogens is 1. The smallest absolute Gasteiger partial charge is 0.251 e. The molecule has 19 heavy (non-hydrogen) atoms. The van der Waals surface area contributed by atoms with Gasteiger partial charge in [0.25, 0.3) is 5.56 Å². The molecule has 0 aliphatic carbocycles. The molecule has 0 aliphatic heterocycles. The normalized spacial score (nSPS) is 10.9. The van der Waals surface area contributed by atoms with Crippen LogP contribution in [-0.2, 0) is 6.54 Å². The molecule has 1 heterocycles. The molecule has 100 valence electrons. The first kappa shape index (κ1) is 13.3. The van der Waals surface area contributed by atoms with Crippen molar-refractivity contribution in [3.05, 3.63) is 46.4 Å². The first-order chi connectivity index (χ1) is 9.04. The zero-order chi connectivity index (χ0) is 13.8. The Morgan fingerprint density at radius 2 is 2.00 bits per heavy atom. The summed E-state index contributed by atoms with van der Waals surface area (Å²) in [5, 5.41) is 12.5. The Labute approximate surface area is 111 Å². The van der Waals surface area contributed by atoms with Crippen LogP contribution in [0.5, 0.6) is 5.75 Å². The highest BCUT2D eigenvalue weighted by Crippen LogP contribution is 2.17. The van der Waals surface area contributed by atoms with Gasteiger partial charge in [-0.3, -0.25) is 4.79 Å². The number of nitrogens with zero attached hydrogens (tertiary/aromatic N) is 1. The molecule has 0 saturated heterocycles. The highest BCUT2D eigenvalue weighted by molar-refractivity contribution is 5.55. The Balaban J connectivity index is 2.30. The van der Waals surface area contributed by atoms with Crippen LogP contribution >= 0.6 is 0 Å². The van der Waals surface area contributed by atoms with Crippen molar-refractivity contribution in [2.45, 2.75) is 26.4 Å². The second kappa shape index (κ2) is 5.67. The van der Waals surface area contributed by atoms with E-state index in [0.29, 0.717) is 24.1 Å². The molecule has 0 saturated carbocycles. The molecule has 5 nitrogen and oxygen atoms in total. The van der Waals surface area contributed by atoms with E-state index in [1.807, 2.05) is 13.8 Å². The summed E-state index contributed by atoms with van der Waals surface area (Å²) in [7, 11) is 0. The summed E-state index contributed by atoms with van der Waals surface area (Å²) in [6.07, 6.45) is 0. The fourth-order valence-corrected chi connectivity index (χ4v) is 1.66. The van der Waals surface area contributed by atoms with E-state index >= 15 is 0 Å². The fraction of sp³-hybridized carbons (Fsp3) is 0.286. The minimum atomic E-state index is -0.182. The maximum atomic E-state index is 11.6. The van der Waals surface area contributed by atoms with Crippen LogP contribution in [0.3, 0.4) is 0 Å². The van der Waals surface area contributed by atoms with Gasteiger partial charge in [-0.25, -0.2) is 4.98 Å². The minimum absolute atomic E-state index is 0.182. The Hall–Kier alpha value is -2.14. The Morgan fingerprint density at radius 1 is 1.32 bits per heavy atom. The van der Waals surface area contributed by atoms with Gasteiger partial charge in [0.2, 0.25) is 0 Å². The largest absolute Gasteiger partial charge is 0.508 e. The van der Waals surface area contributed by atoms with Crippen molar-refractivity contribution in [1.82, 2.24) is 15.3 Å². The molecule has 0 spiro atoms. The highest BCUT2D eigenvalue weighted by atomic mass is 16.3. The van der Waals surface area contributed by atoms with Crippen LogP contribution in [0.2, 0.25) is 0 Å². The Bertz CT molecular complexity index is 603. The summed E-state index contributed by atoms with van der Waals surface area (Å²) in [5.74, 6) is 0.691. The summed E-state index contributed by atoms with van der Waals surface area (Å²) >= 11 is 0. The number of phenolic OH excluding ortho intramolecular Hbond substituents is 1. The average molecular weight is 259 g/mol. The second-order valence-electron chi connectivity index (χ2n) is 4.67. The lowest BCUT2D eigenvalue weighted by molar-refractivity contribution is 0.475. The van der Waals surface area contributed by atoms with E-state index in [9.17, 15) is 9.90 Å². The van der Waals surface area contributed by atoms with Crippen molar-refractivity contribution in [2.24, 2.45) is 0 Å². The van der Waals surface area contributed by atoms with Crippen molar-refractivity contribution in [2.75, 3.05) is 0 Å². The number of aromatic nitrogens is 2. The van der Waals surface area contributed by atoms with Crippen molar-refractivity contribution in [3.8, 4) is 17.1 Å². The summed E-state index contributed by atoms with van der Waals surface area (Å²) in [6.45, 7) is 4.62. The SMILES string of the molecule is CC(C)NCc1cc(=O)[nH]c(-c2ccc(O)cc2)n1. The molecule has 0 fully saturated rings. The van der Waals surface area contributed by atoms with Gasteiger partial charge in [0, 0.05) is 24.2 Å². The number of aromatic hydroxyl groups is 1. The Kier molecular flexibility index (Phi) is 3.97. The van der Waals surface area contributed by atoms with E-state index in [1.165, 1.54) is 6.07 Å². The maximum Gasteiger partial charge on any atom is 0.251 e. The molecule has 0 unspecified atom stereocenters. The molecule has 0 bridgehead atoms. The molecule has 0 atom stereocenters. The topological polar surface area (TPSA) is 78.0 Å². The fourth-order valence-electron chi connectivity index (χ4n) is 1.66. The summed E-state index contributed by atoms with van der Waals surface area (Å²) in [6, 6.07) is 8.38. The van der Waals surface area contributed by atoms with Gasteiger partial charge in [-0.15, -0.1) is 0 Å². The molecule has 0 radical (unpaired) electrons. The maximum absolute atomic E-state index is 11.6. The van der Waals surface area contributed by atoms with E-state index in [4.69, 9.17) is 0 Å². The van der Waals surface area contributed by atoms with E-state index in [-0.39, 0.29) is 11.3 Å². The molecule has 1 aromatic carbocycles. The number of rotatable bonds is 4. The van der Waals surface area contributed by atoms with Gasteiger partial charge in [-0.05, 0) is 24.3 Å². The molecule has 0 amide bonds. The standard InChI is InChI=1S/C14H17N3O2/c1-9(2)15-8-11-7-13(19)17-14(16-11)10-3-5-12(18)6-4-10/h3-7,9,15,18H,8H2,1-2H3,(H,16,17,19). The van der Waals surface area contributed by atoms with Gasteiger partial charge in [-0.2, -0.15) is 0 Å². The van der Waals surface area contributed by atoms with Crippen LogP contribution in [0, 0.1) is 0 Å². The zero-order valence-corrected chi connectivity index (χ0v) is 11.0. The Morgan fingerprint density at radius 3 is 2.63 bits per heavy atom. The lowest BCUT2D eigenvalue weighted by Gasteiger charge is -2.08. The van der Waals surface area contributed by atoms with Gasteiger partial charge < -0.3 is 15.4 Å². The van der Waals surface area contributed by atoms with Gasteiger partial charge in [-0.1, -0.05) is 13.8 Å². The number of phenols is 1. The number of hydrogen-bond donors (Lipinski definition) is 3.